The molecule has 13 atom stereocenters. The van der Waals surface area contributed by atoms with Crippen LogP contribution < -0.4 is 27.8 Å². The molecular formula is C21H43N5O7. The van der Waals surface area contributed by atoms with Crippen LogP contribution in [0.4, 0.5) is 0 Å². The first-order chi connectivity index (χ1) is 15.5. The summed E-state index contributed by atoms with van der Waals surface area (Å²) in [5.41, 5.74) is 17.5. The summed E-state index contributed by atoms with van der Waals surface area (Å²) >= 11 is 0. The van der Waals surface area contributed by atoms with Crippen molar-refractivity contribution >= 4 is 0 Å². The smallest absolute Gasteiger partial charge is 0.185 e. The highest BCUT2D eigenvalue weighted by Crippen LogP contribution is 2.31. The summed E-state index contributed by atoms with van der Waals surface area (Å²) in [6, 6.07) is -2.11. The van der Waals surface area contributed by atoms with Gasteiger partial charge in [0.2, 0.25) is 0 Å². The molecule has 1 aliphatic carbocycles. The van der Waals surface area contributed by atoms with E-state index >= 15 is 0 Å². The maximum Gasteiger partial charge on any atom is 0.185 e. The van der Waals surface area contributed by atoms with Crippen molar-refractivity contribution in [3.63, 3.8) is 0 Å². The summed E-state index contributed by atoms with van der Waals surface area (Å²) in [6.45, 7) is 3.52. The molecule has 0 aromatic carbocycles. The Morgan fingerprint density at radius 2 is 1.58 bits per heavy atom. The predicted molar refractivity (Wildman–Crippen MR) is 120 cm³/mol. The van der Waals surface area contributed by atoms with Gasteiger partial charge >= 0.3 is 0 Å². The molecule has 0 aromatic rings. The van der Waals surface area contributed by atoms with Gasteiger partial charge in [0.05, 0.1) is 24.8 Å². The quantitative estimate of drug-likeness (QED) is 0.182. The molecule has 12 heteroatoms. The van der Waals surface area contributed by atoms with Crippen LogP contribution in [0, 0.1) is 0 Å². The van der Waals surface area contributed by atoms with Crippen molar-refractivity contribution in [2.24, 2.45) is 17.2 Å². The van der Waals surface area contributed by atoms with Crippen molar-refractivity contribution in [3.8, 4) is 0 Å². The highest BCUT2D eigenvalue weighted by Gasteiger charge is 2.50. The molecule has 2 heterocycles. The van der Waals surface area contributed by atoms with Gasteiger partial charge in [0.1, 0.15) is 30.0 Å². The third kappa shape index (κ3) is 5.85. The summed E-state index contributed by atoms with van der Waals surface area (Å²) in [6.07, 6.45) is -4.22. The fourth-order valence-corrected chi connectivity index (χ4v) is 5.04. The minimum Gasteiger partial charge on any atom is -0.388 e. The number of ether oxygens (including phenoxy) is 4. The molecule has 0 bridgehead atoms. The number of nitrogens with one attached hydrogen (secondary N) is 2. The second-order valence-corrected chi connectivity index (χ2v) is 9.91. The average Bonchev–Trinajstić information content (AvgIpc) is 2.76. The van der Waals surface area contributed by atoms with E-state index in [4.69, 9.17) is 36.1 Å². The molecule has 2 saturated heterocycles. The van der Waals surface area contributed by atoms with E-state index in [0.717, 1.165) is 6.42 Å². The Hall–Kier alpha value is -0.480. The van der Waals surface area contributed by atoms with E-state index in [9.17, 15) is 15.3 Å². The zero-order chi connectivity index (χ0) is 24.5. The average molecular weight is 478 g/mol. The minimum atomic E-state index is -1.29. The maximum atomic E-state index is 11.1. The van der Waals surface area contributed by atoms with Crippen LogP contribution in [-0.4, -0.2) is 115 Å². The molecule has 0 aromatic heterocycles. The summed E-state index contributed by atoms with van der Waals surface area (Å²) < 4.78 is 23.7. The van der Waals surface area contributed by atoms with Crippen LogP contribution in [-0.2, 0) is 18.9 Å². The van der Waals surface area contributed by atoms with Crippen LogP contribution in [0.2, 0.25) is 0 Å². The van der Waals surface area contributed by atoms with Gasteiger partial charge in [0.25, 0.3) is 0 Å². The van der Waals surface area contributed by atoms with Gasteiger partial charge < -0.3 is 62.1 Å². The van der Waals surface area contributed by atoms with Crippen LogP contribution >= 0.6 is 0 Å². The molecule has 3 rings (SSSR count). The van der Waals surface area contributed by atoms with Gasteiger partial charge in [-0.2, -0.15) is 0 Å². The molecule has 11 N–H and O–H groups in total. The molecule has 3 aliphatic rings. The lowest BCUT2D eigenvalue weighted by Gasteiger charge is -2.48. The molecule has 3 fully saturated rings. The highest BCUT2D eigenvalue weighted by molar-refractivity contribution is 5.02. The van der Waals surface area contributed by atoms with Crippen LogP contribution in [0.1, 0.15) is 33.1 Å². The zero-order valence-electron chi connectivity index (χ0n) is 20.0. The van der Waals surface area contributed by atoms with Crippen LogP contribution in [0.25, 0.3) is 0 Å². The molecule has 0 spiro atoms. The van der Waals surface area contributed by atoms with E-state index in [0.29, 0.717) is 12.8 Å². The molecule has 12 nitrogen and oxygen atoms in total. The number of aliphatic hydroxyl groups excluding tert-OH is 2. The summed E-state index contributed by atoms with van der Waals surface area (Å²) in [4.78, 5) is 0. The largest absolute Gasteiger partial charge is 0.388 e. The van der Waals surface area contributed by atoms with E-state index in [1.807, 2.05) is 14.0 Å². The standard InChI is InChI=1S/C21H43N5O7/c1-9(25-3)13-6-5-10(22)19(31-13)32-16-11(23)7-12(24)17(14(16)27)33-20-15(28)18(26-4)21(2,29)8-30-20/h9-20,25-29H,5-8,22-24H2,1-4H3/t9-,10-,11+,12-,13+,14-,15-,16-,17+,18-,19-,20-,21+/m1/s1. The highest BCUT2D eigenvalue weighted by atomic mass is 16.7. The van der Waals surface area contributed by atoms with Gasteiger partial charge in [0, 0.05) is 18.1 Å². The van der Waals surface area contributed by atoms with Gasteiger partial charge in [-0.3, -0.25) is 0 Å². The van der Waals surface area contributed by atoms with E-state index in [2.05, 4.69) is 10.6 Å². The Morgan fingerprint density at radius 3 is 2.15 bits per heavy atom. The number of aliphatic hydroxyl groups is 3. The third-order valence-electron chi connectivity index (χ3n) is 7.24. The molecule has 194 valence electrons. The fraction of sp³-hybridized carbons (Fsp3) is 1.00. The summed E-state index contributed by atoms with van der Waals surface area (Å²) in [5.74, 6) is 0. The SMILES string of the molecule is CN[C@@H]1[C@@H](O)[C@@H](O[C@@H]2[C@H](O)[C@H](O[C@H]3O[C@H]([C@@H](C)NC)CC[C@H]3N)[C@@H](N)C[C@H]2N)OC[C@]1(C)O. The fourth-order valence-electron chi connectivity index (χ4n) is 5.04. The third-order valence-corrected chi connectivity index (χ3v) is 7.24. The van der Waals surface area contributed by atoms with Crippen LogP contribution in [0.5, 0.6) is 0 Å². The Labute approximate surface area is 195 Å². The van der Waals surface area contributed by atoms with Gasteiger partial charge in [-0.05, 0) is 47.2 Å². The molecule has 2 aliphatic heterocycles. The molecule has 1 saturated carbocycles. The van der Waals surface area contributed by atoms with Crippen molar-refractivity contribution < 1.29 is 34.3 Å². The Morgan fingerprint density at radius 1 is 0.970 bits per heavy atom. The van der Waals surface area contributed by atoms with Gasteiger partial charge in [-0.25, -0.2) is 0 Å². The lowest BCUT2D eigenvalue weighted by molar-refractivity contribution is -0.307. The van der Waals surface area contributed by atoms with Crippen molar-refractivity contribution in [3.05, 3.63) is 0 Å². The van der Waals surface area contributed by atoms with Crippen molar-refractivity contribution in [2.45, 2.75) is 112 Å². The Balaban J connectivity index is 1.68. The van der Waals surface area contributed by atoms with Gasteiger partial charge in [0.15, 0.2) is 12.6 Å². The summed E-state index contributed by atoms with van der Waals surface area (Å²) in [7, 11) is 3.49. The van der Waals surface area contributed by atoms with E-state index in [-0.39, 0.29) is 24.8 Å². The van der Waals surface area contributed by atoms with Gasteiger partial charge in [-0.1, -0.05) is 0 Å². The van der Waals surface area contributed by atoms with Crippen LogP contribution in [0.15, 0.2) is 0 Å². The normalized spacial score (nSPS) is 50.2. The second-order valence-electron chi connectivity index (χ2n) is 9.91. The first-order valence-electron chi connectivity index (χ1n) is 11.8. The predicted octanol–water partition coefficient (Wildman–Crippen LogP) is -3.33. The molecule has 0 unspecified atom stereocenters. The molecular weight excluding hydrogens is 434 g/mol. The van der Waals surface area contributed by atoms with E-state index in [1.54, 1.807) is 14.0 Å². The number of likely N-dealkylation sites (N-methyl/N-ethyl adjacent to an activating group) is 2. The van der Waals surface area contributed by atoms with Crippen LogP contribution in [0.3, 0.4) is 0 Å². The zero-order valence-corrected chi connectivity index (χ0v) is 20.0. The first-order valence-corrected chi connectivity index (χ1v) is 11.8. The van der Waals surface area contributed by atoms with E-state index in [1.165, 1.54) is 0 Å². The van der Waals surface area contributed by atoms with Crippen molar-refractivity contribution in [1.82, 2.24) is 10.6 Å². The van der Waals surface area contributed by atoms with Gasteiger partial charge in [-0.15, -0.1) is 0 Å². The second kappa shape index (κ2) is 11.1. The maximum absolute atomic E-state index is 11.1. The molecule has 0 amide bonds. The summed E-state index contributed by atoms with van der Waals surface area (Å²) in [5, 5.41) is 38.3. The molecule has 33 heavy (non-hydrogen) atoms. The number of nitrogens with two attached hydrogens (primary N) is 3. The lowest BCUT2D eigenvalue weighted by Crippen LogP contribution is -2.68. The number of rotatable bonds is 7. The van der Waals surface area contributed by atoms with Crippen molar-refractivity contribution in [2.75, 3.05) is 20.7 Å². The first kappa shape index (κ1) is 27.1. The van der Waals surface area contributed by atoms with Crippen molar-refractivity contribution in [1.29, 1.82) is 0 Å². The molecule has 0 radical (unpaired) electrons. The topological polar surface area (TPSA) is 200 Å². The number of hydrogen-bond acceptors (Lipinski definition) is 12. The monoisotopic (exact) mass is 477 g/mol. The lowest BCUT2D eigenvalue weighted by atomic mass is 9.84. The van der Waals surface area contributed by atoms with E-state index < -0.39 is 60.7 Å². The number of hydrogen-bond donors (Lipinski definition) is 8. The minimum absolute atomic E-state index is 0.0620. The Kier molecular flexibility index (Phi) is 9.09. The Bertz CT molecular complexity index is 632.